The van der Waals surface area contributed by atoms with Crippen molar-refractivity contribution in [2.75, 3.05) is 6.61 Å². The number of nitrogens with zero attached hydrogens (tertiary/aromatic N) is 3. The van der Waals surface area contributed by atoms with E-state index in [9.17, 15) is 9.90 Å². The second-order valence-corrected chi connectivity index (χ2v) is 10.1. The molecule has 6 nitrogen and oxygen atoms in total. The fourth-order valence-electron chi connectivity index (χ4n) is 4.28. The van der Waals surface area contributed by atoms with Gasteiger partial charge < -0.3 is 9.84 Å². The quantitative estimate of drug-likeness (QED) is 0.248. The SMILES string of the molecule is CCCCCCC(CCOC(=O)CC)c1cc(-n2nc3ccccc3n2)c(O)c(C(C)(C)C)c1. The van der Waals surface area contributed by atoms with Crippen molar-refractivity contribution in [3.63, 3.8) is 0 Å². The molecule has 0 aliphatic heterocycles. The molecule has 2 aromatic carbocycles. The molecule has 0 fully saturated rings. The number of phenols is 1. The van der Waals surface area contributed by atoms with Crippen LogP contribution in [0.4, 0.5) is 0 Å². The van der Waals surface area contributed by atoms with Gasteiger partial charge in [-0.05, 0) is 47.9 Å². The lowest BCUT2D eigenvalue weighted by Crippen LogP contribution is -2.16. The van der Waals surface area contributed by atoms with Crippen LogP contribution in [-0.4, -0.2) is 32.7 Å². The Labute approximate surface area is 203 Å². The van der Waals surface area contributed by atoms with E-state index in [1.54, 1.807) is 4.80 Å². The Hall–Kier alpha value is -2.89. The zero-order valence-electron chi connectivity index (χ0n) is 21.3. The van der Waals surface area contributed by atoms with Gasteiger partial charge in [0, 0.05) is 12.0 Å². The average Bonchev–Trinajstić information content (AvgIpc) is 3.24. The minimum Gasteiger partial charge on any atom is -0.505 e. The number of carbonyl (C=O) groups excluding carboxylic acids is 1. The number of fused-ring (bicyclic) bond motifs is 1. The Bertz CT molecular complexity index is 1060. The highest BCUT2D eigenvalue weighted by Crippen LogP contribution is 2.39. The summed E-state index contributed by atoms with van der Waals surface area (Å²) in [4.78, 5) is 13.3. The second-order valence-electron chi connectivity index (χ2n) is 10.1. The van der Waals surface area contributed by atoms with E-state index < -0.39 is 0 Å². The van der Waals surface area contributed by atoms with Gasteiger partial charge in [0.05, 0.1) is 6.61 Å². The zero-order valence-corrected chi connectivity index (χ0v) is 21.3. The highest BCUT2D eigenvalue weighted by Gasteiger charge is 2.25. The standard InChI is InChI=1S/C28H39N3O3/c1-6-8-9-10-13-20(16-17-34-26(32)7-2)21-18-22(28(3,4)5)27(33)25(19-21)31-29-23-14-11-12-15-24(23)30-31/h11-12,14-15,18-20,33H,6-10,13,16-17H2,1-5H3. The summed E-state index contributed by atoms with van der Waals surface area (Å²) in [7, 11) is 0. The summed E-state index contributed by atoms with van der Waals surface area (Å²) in [6, 6.07) is 11.8. The summed E-state index contributed by atoms with van der Waals surface area (Å²) in [5.74, 6) is 0.254. The summed E-state index contributed by atoms with van der Waals surface area (Å²) in [6.07, 6.45) is 6.85. The molecule has 34 heavy (non-hydrogen) atoms. The van der Waals surface area contributed by atoms with Gasteiger partial charge >= 0.3 is 5.97 Å². The molecule has 3 aromatic rings. The van der Waals surface area contributed by atoms with Crippen LogP contribution in [-0.2, 0) is 14.9 Å². The van der Waals surface area contributed by atoms with Crippen molar-refractivity contribution in [2.45, 2.75) is 90.9 Å². The second kappa shape index (κ2) is 11.5. The van der Waals surface area contributed by atoms with Crippen molar-refractivity contribution < 1.29 is 14.6 Å². The maximum absolute atomic E-state index is 11.7. The minimum absolute atomic E-state index is 0.168. The largest absolute Gasteiger partial charge is 0.505 e. The van der Waals surface area contributed by atoms with Crippen LogP contribution in [0.5, 0.6) is 5.75 Å². The molecular formula is C28H39N3O3. The van der Waals surface area contributed by atoms with E-state index in [1.165, 1.54) is 19.3 Å². The van der Waals surface area contributed by atoms with E-state index in [4.69, 9.17) is 4.74 Å². The zero-order chi connectivity index (χ0) is 24.7. The maximum Gasteiger partial charge on any atom is 0.305 e. The molecule has 3 rings (SSSR count). The summed E-state index contributed by atoms with van der Waals surface area (Å²) in [5, 5.41) is 20.5. The molecule has 1 aromatic heterocycles. The Kier molecular flexibility index (Phi) is 8.70. The number of hydrogen-bond donors (Lipinski definition) is 1. The van der Waals surface area contributed by atoms with Gasteiger partial charge in [-0.3, -0.25) is 4.79 Å². The topological polar surface area (TPSA) is 77.2 Å². The van der Waals surface area contributed by atoms with E-state index in [-0.39, 0.29) is 23.1 Å². The first-order chi connectivity index (χ1) is 16.2. The highest BCUT2D eigenvalue weighted by atomic mass is 16.5. The van der Waals surface area contributed by atoms with Crippen LogP contribution in [0.25, 0.3) is 16.7 Å². The molecule has 184 valence electrons. The number of aromatic nitrogens is 3. The fourth-order valence-corrected chi connectivity index (χ4v) is 4.28. The Balaban J connectivity index is 2.02. The van der Waals surface area contributed by atoms with Crippen molar-refractivity contribution in [1.29, 1.82) is 0 Å². The number of aromatic hydroxyl groups is 1. The number of hydrogen-bond acceptors (Lipinski definition) is 5. The summed E-state index contributed by atoms with van der Waals surface area (Å²) in [5.41, 5.74) is 3.89. The lowest BCUT2D eigenvalue weighted by Gasteiger charge is -2.26. The van der Waals surface area contributed by atoms with Gasteiger partial charge in [0.25, 0.3) is 0 Å². The number of ether oxygens (including phenoxy) is 1. The summed E-state index contributed by atoms with van der Waals surface area (Å²) < 4.78 is 5.43. The lowest BCUT2D eigenvalue weighted by molar-refractivity contribution is -0.143. The third kappa shape index (κ3) is 6.37. The number of carbonyl (C=O) groups is 1. The molecule has 0 radical (unpaired) electrons. The first-order valence-corrected chi connectivity index (χ1v) is 12.6. The average molecular weight is 466 g/mol. The minimum atomic E-state index is -0.261. The van der Waals surface area contributed by atoms with Crippen molar-refractivity contribution >= 4 is 17.0 Å². The number of benzene rings is 2. The highest BCUT2D eigenvalue weighted by molar-refractivity contribution is 5.74. The van der Waals surface area contributed by atoms with Crippen molar-refractivity contribution in [3.05, 3.63) is 47.5 Å². The Morgan fingerprint density at radius 1 is 1.03 bits per heavy atom. The fraction of sp³-hybridized carbons (Fsp3) is 0.536. The van der Waals surface area contributed by atoms with Gasteiger partial charge in [-0.25, -0.2) is 0 Å². The van der Waals surface area contributed by atoms with Crippen LogP contribution in [0.3, 0.4) is 0 Å². The summed E-state index contributed by atoms with van der Waals surface area (Å²) >= 11 is 0. The van der Waals surface area contributed by atoms with Crippen LogP contribution >= 0.6 is 0 Å². The molecule has 0 saturated heterocycles. The van der Waals surface area contributed by atoms with Gasteiger partial charge in [0.1, 0.15) is 22.5 Å². The predicted molar refractivity (Wildman–Crippen MR) is 137 cm³/mol. The van der Waals surface area contributed by atoms with Crippen LogP contribution in [0, 0.1) is 0 Å². The van der Waals surface area contributed by atoms with Crippen molar-refractivity contribution in [3.8, 4) is 11.4 Å². The van der Waals surface area contributed by atoms with Gasteiger partial charge in [0.2, 0.25) is 0 Å². The molecule has 1 heterocycles. The molecule has 1 atom stereocenters. The molecule has 1 unspecified atom stereocenters. The van der Waals surface area contributed by atoms with Gasteiger partial charge in [-0.15, -0.1) is 15.0 Å². The normalized spacial score (nSPS) is 12.7. The monoisotopic (exact) mass is 465 g/mol. The number of unbranched alkanes of at least 4 members (excludes halogenated alkanes) is 3. The van der Waals surface area contributed by atoms with E-state index in [2.05, 4.69) is 44.0 Å². The Morgan fingerprint density at radius 2 is 1.71 bits per heavy atom. The molecule has 0 bridgehead atoms. The van der Waals surface area contributed by atoms with Crippen LogP contribution in [0.1, 0.15) is 96.6 Å². The van der Waals surface area contributed by atoms with E-state index >= 15 is 0 Å². The number of esters is 1. The first-order valence-electron chi connectivity index (χ1n) is 12.6. The third-order valence-electron chi connectivity index (χ3n) is 6.32. The molecule has 0 aliphatic carbocycles. The lowest BCUT2D eigenvalue weighted by atomic mass is 9.81. The first kappa shape index (κ1) is 25.7. The van der Waals surface area contributed by atoms with Crippen molar-refractivity contribution in [2.24, 2.45) is 0 Å². The van der Waals surface area contributed by atoms with E-state index in [0.717, 1.165) is 41.4 Å². The van der Waals surface area contributed by atoms with Crippen molar-refractivity contribution in [1.82, 2.24) is 15.0 Å². The van der Waals surface area contributed by atoms with Crippen LogP contribution < -0.4 is 0 Å². The van der Waals surface area contributed by atoms with Crippen LogP contribution in [0.2, 0.25) is 0 Å². The number of phenolic OH excluding ortho intramolecular Hbond substituents is 1. The molecular weight excluding hydrogens is 426 g/mol. The van der Waals surface area contributed by atoms with Gasteiger partial charge in [-0.2, -0.15) is 0 Å². The predicted octanol–water partition coefficient (Wildman–Crippen LogP) is 6.82. The smallest absolute Gasteiger partial charge is 0.305 e. The van der Waals surface area contributed by atoms with Gasteiger partial charge in [-0.1, -0.05) is 78.5 Å². The maximum atomic E-state index is 11.7. The summed E-state index contributed by atoms with van der Waals surface area (Å²) in [6.45, 7) is 10.7. The molecule has 0 aliphatic rings. The number of rotatable bonds is 11. The van der Waals surface area contributed by atoms with Crippen LogP contribution in [0.15, 0.2) is 36.4 Å². The Morgan fingerprint density at radius 3 is 2.29 bits per heavy atom. The van der Waals surface area contributed by atoms with Gasteiger partial charge in [0.15, 0.2) is 0 Å². The molecule has 1 N–H and O–H groups in total. The third-order valence-corrected chi connectivity index (χ3v) is 6.32. The van der Waals surface area contributed by atoms with E-state index in [1.807, 2.05) is 37.3 Å². The molecule has 0 saturated carbocycles. The van der Waals surface area contributed by atoms with E-state index in [0.29, 0.717) is 18.7 Å². The molecule has 0 amide bonds. The molecule has 0 spiro atoms. The molecule has 6 heteroatoms.